The summed E-state index contributed by atoms with van der Waals surface area (Å²) < 4.78 is 6.25. The van der Waals surface area contributed by atoms with Crippen LogP contribution < -0.4 is 10.6 Å². The van der Waals surface area contributed by atoms with Crippen molar-refractivity contribution in [1.82, 2.24) is 15.5 Å². The highest BCUT2D eigenvalue weighted by Crippen LogP contribution is 2.58. The Balaban J connectivity index is 1.93. The highest BCUT2D eigenvalue weighted by molar-refractivity contribution is 5.99. The highest BCUT2D eigenvalue weighted by atomic mass is 16.5. The summed E-state index contributed by atoms with van der Waals surface area (Å²) in [5, 5.41) is 15.5. The van der Waals surface area contributed by atoms with E-state index in [2.05, 4.69) is 17.6 Å². The Kier molecular flexibility index (Phi) is 6.29. The van der Waals surface area contributed by atoms with Crippen LogP contribution in [-0.4, -0.2) is 71.7 Å². The maximum atomic E-state index is 13.4. The van der Waals surface area contributed by atoms with Crippen LogP contribution in [-0.2, 0) is 19.1 Å². The number of aliphatic hydroxyl groups is 1. The van der Waals surface area contributed by atoms with Crippen molar-refractivity contribution >= 4 is 17.7 Å². The minimum absolute atomic E-state index is 0.217. The third-order valence-electron chi connectivity index (χ3n) is 6.69. The van der Waals surface area contributed by atoms with Crippen molar-refractivity contribution in [3.05, 3.63) is 0 Å². The summed E-state index contributed by atoms with van der Waals surface area (Å²) in [6, 6.07) is -1.27. The number of nitrogens with one attached hydrogen (secondary N) is 2. The molecule has 3 N–H and O–H groups in total. The number of likely N-dealkylation sites (tertiary alicyclic amines) is 1. The summed E-state index contributed by atoms with van der Waals surface area (Å²) in [7, 11) is 1.55. The molecule has 1 spiro atoms. The maximum Gasteiger partial charge on any atom is 0.245 e. The lowest BCUT2D eigenvalue weighted by molar-refractivity contribution is -0.145. The van der Waals surface area contributed by atoms with Gasteiger partial charge in [-0.05, 0) is 25.7 Å². The zero-order chi connectivity index (χ0) is 20.5. The van der Waals surface area contributed by atoms with Gasteiger partial charge in [0.2, 0.25) is 17.7 Å². The van der Waals surface area contributed by atoms with E-state index in [0.29, 0.717) is 25.8 Å². The van der Waals surface area contributed by atoms with E-state index >= 15 is 0 Å². The second-order valence-electron chi connectivity index (χ2n) is 8.16. The fraction of sp³-hybridized carbons (Fsp3) is 0.850. The molecular formula is C20H33N3O5. The molecule has 158 valence electrons. The predicted octanol–water partition coefficient (Wildman–Crippen LogP) is 0.184. The third kappa shape index (κ3) is 3.10. The van der Waals surface area contributed by atoms with E-state index in [0.717, 1.165) is 19.3 Å². The van der Waals surface area contributed by atoms with Gasteiger partial charge < -0.3 is 25.4 Å². The van der Waals surface area contributed by atoms with Gasteiger partial charge in [0.15, 0.2) is 0 Å². The first-order valence-corrected chi connectivity index (χ1v) is 10.6. The van der Waals surface area contributed by atoms with Crippen LogP contribution in [0, 0.1) is 11.8 Å². The molecule has 8 heteroatoms. The Hall–Kier alpha value is -1.67. The van der Waals surface area contributed by atoms with Crippen LogP contribution in [0.1, 0.15) is 52.4 Å². The Morgan fingerprint density at radius 3 is 2.68 bits per heavy atom. The lowest BCUT2D eigenvalue weighted by atomic mass is 9.70. The number of carbonyl (C=O) groups is 3. The van der Waals surface area contributed by atoms with Gasteiger partial charge in [-0.2, -0.15) is 0 Å². The van der Waals surface area contributed by atoms with Crippen LogP contribution in [0.5, 0.6) is 0 Å². The Morgan fingerprint density at radius 2 is 2.07 bits per heavy atom. The van der Waals surface area contributed by atoms with Gasteiger partial charge in [-0.25, -0.2) is 0 Å². The molecule has 2 bridgehead atoms. The van der Waals surface area contributed by atoms with E-state index in [-0.39, 0.29) is 30.4 Å². The fourth-order valence-electron chi connectivity index (χ4n) is 5.35. The van der Waals surface area contributed by atoms with Gasteiger partial charge in [0.05, 0.1) is 30.6 Å². The number of hydrogen-bond acceptors (Lipinski definition) is 5. The first kappa shape index (κ1) is 21.0. The monoisotopic (exact) mass is 395 g/mol. The molecule has 3 fully saturated rings. The molecule has 3 saturated heterocycles. The van der Waals surface area contributed by atoms with Gasteiger partial charge >= 0.3 is 0 Å². The number of amides is 3. The van der Waals surface area contributed by atoms with E-state index in [1.165, 1.54) is 4.90 Å². The fourth-order valence-corrected chi connectivity index (χ4v) is 5.35. The summed E-state index contributed by atoms with van der Waals surface area (Å²) in [5.74, 6) is -1.95. The highest BCUT2D eigenvalue weighted by Gasteiger charge is 2.74. The zero-order valence-corrected chi connectivity index (χ0v) is 17.1. The molecule has 0 aliphatic carbocycles. The van der Waals surface area contributed by atoms with Crippen LogP contribution >= 0.6 is 0 Å². The lowest BCUT2D eigenvalue weighted by Crippen LogP contribution is -2.58. The molecular weight excluding hydrogens is 362 g/mol. The number of fused-ring (bicyclic) bond motifs is 1. The summed E-state index contributed by atoms with van der Waals surface area (Å²) >= 11 is 0. The minimum Gasteiger partial charge on any atom is -0.394 e. The molecule has 8 nitrogen and oxygen atoms in total. The van der Waals surface area contributed by atoms with Crippen molar-refractivity contribution in [2.75, 3.05) is 20.2 Å². The van der Waals surface area contributed by atoms with Gasteiger partial charge in [0.1, 0.15) is 11.6 Å². The van der Waals surface area contributed by atoms with Crippen LogP contribution in [0.4, 0.5) is 0 Å². The molecule has 0 aromatic rings. The SMILES string of the molecule is CCCCCNC(=O)C1N([C@@H](CC)CO)C(=O)[C@@H]2[C@@H](C(=O)NC)[C@H]3CCC12O3. The largest absolute Gasteiger partial charge is 0.394 e. The normalized spacial score (nSPS) is 34.4. The molecule has 3 amide bonds. The molecule has 6 atom stereocenters. The average molecular weight is 396 g/mol. The molecule has 0 aromatic heterocycles. The van der Waals surface area contributed by atoms with Gasteiger partial charge in [0.25, 0.3) is 0 Å². The first-order chi connectivity index (χ1) is 13.5. The number of unbranched alkanes of at least 4 members (excludes halogenated alkanes) is 2. The summed E-state index contributed by atoms with van der Waals surface area (Å²) in [5.41, 5.74) is -0.976. The Morgan fingerprint density at radius 1 is 1.32 bits per heavy atom. The van der Waals surface area contributed by atoms with Crippen molar-refractivity contribution in [2.24, 2.45) is 11.8 Å². The number of hydrogen-bond donors (Lipinski definition) is 3. The summed E-state index contributed by atoms with van der Waals surface area (Å²) in [6.45, 7) is 4.30. The molecule has 28 heavy (non-hydrogen) atoms. The number of rotatable bonds is 9. The smallest absolute Gasteiger partial charge is 0.245 e. The van der Waals surface area contributed by atoms with Gasteiger partial charge in [0, 0.05) is 13.6 Å². The topological polar surface area (TPSA) is 108 Å². The van der Waals surface area contributed by atoms with Crippen LogP contribution in [0.25, 0.3) is 0 Å². The molecule has 3 heterocycles. The Labute approximate surface area is 166 Å². The molecule has 0 aromatic carbocycles. The maximum absolute atomic E-state index is 13.4. The van der Waals surface area contributed by atoms with Gasteiger partial charge in [-0.3, -0.25) is 14.4 Å². The standard InChI is InChI=1S/C20H33N3O5/c1-4-6-7-10-22-18(26)16-20-9-8-13(28-20)14(17(25)21-3)15(20)19(27)23(16)12(5-2)11-24/h12-16,24H,4-11H2,1-3H3,(H,21,25)(H,22,26)/t12-,13+,14-,15-,16?,20?/m0/s1. The summed E-state index contributed by atoms with van der Waals surface area (Å²) in [6.07, 6.45) is 4.38. The zero-order valence-electron chi connectivity index (χ0n) is 17.1. The third-order valence-corrected chi connectivity index (χ3v) is 6.69. The molecule has 0 saturated carbocycles. The number of nitrogens with zero attached hydrogens (tertiary/aromatic N) is 1. The Bertz CT molecular complexity index is 623. The van der Waals surface area contributed by atoms with Crippen molar-refractivity contribution in [2.45, 2.75) is 76.2 Å². The van der Waals surface area contributed by atoms with Crippen molar-refractivity contribution < 1.29 is 24.2 Å². The number of ether oxygens (including phenoxy) is 1. The molecule has 3 aliphatic heterocycles. The first-order valence-electron chi connectivity index (χ1n) is 10.6. The van der Waals surface area contributed by atoms with E-state index in [4.69, 9.17) is 4.74 Å². The second kappa shape index (κ2) is 8.37. The second-order valence-corrected chi connectivity index (χ2v) is 8.16. The van der Waals surface area contributed by atoms with Crippen molar-refractivity contribution in [1.29, 1.82) is 0 Å². The van der Waals surface area contributed by atoms with E-state index in [1.54, 1.807) is 7.05 Å². The summed E-state index contributed by atoms with van der Waals surface area (Å²) in [4.78, 5) is 40.7. The van der Waals surface area contributed by atoms with E-state index in [1.807, 2.05) is 6.92 Å². The quantitative estimate of drug-likeness (QED) is 0.483. The van der Waals surface area contributed by atoms with Crippen LogP contribution in [0.15, 0.2) is 0 Å². The van der Waals surface area contributed by atoms with E-state index in [9.17, 15) is 19.5 Å². The van der Waals surface area contributed by atoms with Gasteiger partial charge in [-0.15, -0.1) is 0 Å². The van der Waals surface area contributed by atoms with Crippen molar-refractivity contribution in [3.63, 3.8) is 0 Å². The van der Waals surface area contributed by atoms with Gasteiger partial charge in [-0.1, -0.05) is 26.7 Å². The number of aliphatic hydroxyl groups excluding tert-OH is 1. The van der Waals surface area contributed by atoms with E-state index < -0.39 is 29.5 Å². The molecule has 0 radical (unpaired) electrons. The predicted molar refractivity (Wildman–Crippen MR) is 102 cm³/mol. The van der Waals surface area contributed by atoms with Crippen LogP contribution in [0.2, 0.25) is 0 Å². The molecule has 2 unspecified atom stereocenters. The molecule has 3 aliphatic rings. The lowest BCUT2D eigenvalue weighted by Gasteiger charge is -2.36. The molecule has 3 rings (SSSR count). The average Bonchev–Trinajstić information content (AvgIpc) is 3.33. The van der Waals surface area contributed by atoms with Crippen LogP contribution in [0.3, 0.4) is 0 Å². The minimum atomic E-state index is -0.976. The number of carbonyl (C=O) groups excluding carboxylic acids is 3. The van der Waals surface area contributed by atoms with Crippen molar-refractivity contribution in [3.8, 4) is 0 Å².